The Balaban J connectivity index is 2.28. The van der Waals surface area contributed by atoms with Crippen molar-refractivity contribution < 1.29 is 9.18 Å². The average molecular weight is 177 g/mol. The third-order valence-corrected chi connectivity index (χ3v) is 2.95. The Hall–Kier alpha value is -1.38. The molecule has 1 saturated carbocycles. The number of hydrogen-bond donors (Lipinski definition) is 1. The van der Waals surface area contributed by atoms with Crippen molar-refractivity contribution >= 4 is 11.6 Å². The van der Waals surface area contributed by atoms with Gasteiger partial charge >= 0.3 is 0 Å². The van der Waals surface area contributed by atoms with Crippen LogP contribution < -0.4 is 5.32 Å². The predicted molar refractivity (Wildman–Crippen MR) is 45.9 cm³/mol. The van der Waals surface area contributed by atoms with Gasteiger partial charge in [-0.1, -0.05) is 12.1 Å². The SMILES string of the molecule is O=C1Nc2c(F)cccc2C12CC2. The molecule has 0 unspecified atom stereocenters. The molecule has 13 heavy (non-hydrogen) atoms. The molecular weight excluding hydrogens is 169 g/mol. The topological polar surface area (TPSA) is 29.1 Å². The Morgan fingerprint density at radius 1 is 1.38 bits per heavy atom. The minimum atomic E-state index is -0.364. The fourth-order valence-corrected chi connectivity index (χ4v) is 2.03. The molecule has 66 valence electrons. The molecule has 1 aromatic rings. The van der Waals surface area contributed by atoms with E-state index in [-0.39, 0.29) is 17.1 Å². The van der Waals surface area contributed by atoms with Gasteiger partial charge in [0.25, 0.3) is 0 Å². The van der Waals surface area contributed by atoms with E-state index in [0.717, 1.165) is 18.4 Å². The van der Waals surface area contributed by atoms with Gasteiger partial charge in [0.2, 0.25) is 5.91 Å². The van der Waals surface area contributed by atoms with Gasteiger partial charge in [0.15, 0.2) is 0 Å². The number of rotatable bonds is 0. The average Bonchev–Trinajstić information content (AvgIpc) is 2.83. The van der Waals surface area contributed by atoms with Crippen LogP contribution in [0.3, 0.4) is 0 Å². The van der Waals surface area contributed by atoms with Crippen molar-refractivity contribution in [3.05, 3.63) is 29.6 Å². The molecule has 0 aromatic heterocycles. The number of anilines is 1. The number of para-hydroxylation sites is 1. The number of fused-ring (bicyclic) bond motifs is 2. The highest BCUT2D eigenvalue weighted by molar-refractivity contribution is 6.08. The number of halogens is 1. The summed E-state index contributed by atoms with van der Waals surface area (Å²) in [6, 6.07) is 4.87. The van der Waals surface area contributed by atoms with E-state index in [1.807, 2.05) is 6.07 Å². The smallest absolute Gasteiger partial charge is 0.235 e. The Morgan fingerprint density at radius 2 is 2.15 bits per heavy atom. The van der Waals surface area contributed by atoms with E-state index in [1.165, 1.54) is 6.07 Å². The van der Waals surface area contributed by atoms with Gasteiger partial charge in [0.05, 0.1) is 11.1 Å². The molecule has 3 heteroatoms. The lowest BCUT2D eigenvalue weighted by Gasteiger charge is -2.02. The standard InChI is InChI=1S/C10H8FNO/c11-7-3-1-2-6-8(7)12-9(13)10(6)4-5-10/h1-3H,4-5H2,(H,12,13). The number of nitrogens with one attached hydrogen (secondary N) is 1. The molecule has 0 radical (unpaired) electrons. The zero-order valence-corrected chi connectivity index (χ0v) is 6.93. The first-order valence-electron chi connectivity index (χ1n) is 4.34. The zero-order valence-electron chi connectivity index (χ0n) is 6.93. The van der Waals surface area contributed by atoms with E-state index in [0.29, 0.717) is 5.69 Å². The maximum absolute atomic E-state index is 13.2. The lowest BCUT2D eigenvalue weighted by Crippen LogP contribution is -2.18. The maximum Gasteiger partial charge on any atom is 0.235 e. The van der Waals surface area contributed by atoms with Crippen molar-refractivity contribution in [3.63, 3.8) is 0 Å². The number of carbonyl (C=O) groups excluding carboxylic acids is 1. The van der Waals surface area contributed by atoms with Gasteiger partial charge in [-0.15, -0.1) is 0 Å². The minimum Gasteiger partial charge on any atom is -0.323 e. The summed E-state index contributed by atoms with van der Waals surface area (Å²) >= 11 is 0. The molecule has 0 atom stereocenters. The predicted octanol–water partition coefficient (Wildman–Crippen LogP) is 1.81. The molecule has 3 rings (SSSR count). The van der Waals surface area contributed by atoms with Crippen LogP contribution in [0.25, 0.3) is 0 Å². The quantitative estimate of drug-likeness (QED) is 0.643. The normalized spacial score (nSPS) is 21.5. The van der Waals surface area contributed by atoms with Crippen LogP contribution >= 0.6 is 0 Å². The second-order valence-electron chi connectivity index (χ2n) is 3.70. The van der Waals surface area contributed by atoms with Gasteiger partial charge in [0, 0.05) is 0 Å². The molecule has 1 aromatic carbocycles. The van der Waals surface area contributed by atoms with Crippen LogP contribution in [0.5, 0.6) is 0 Å². The Morgan fingerprint density at radius 3 is 2.85 bits per heavy atom. The van der Waals surface area contributed by atoms with Gasteiger partial charge in [-0.25, -0.2) is 4.39 Å². The molecule has 1 N–H and O–H groups in total. The third kappa shape index (κ3) is 0.698. The van der Waals surface area contributed by atoms with Crippen LogP contribution in [0.2, 0.25) is 0 Å². The highest BCUT2D eigenvalue weighted by Crippen LogP contribution is 2.55. The van der Waals surface area contributed by atoms with E-state index in [1.54, 1.807) is 6.07 Å². The number of benzene rings is 1. The lowest BCUT2D eigenvalue weighted by atomic mass is 9.98. The largest absolute Gasteiger partial charge is 0.323 e. The molecule has 1 spiro atoms. The molecule has 0 saturated heterocycles. The van der Waals surface area contributed by atoms with Crippen LogP contribution in [0.1, 0.15) is 18.4 Å². The summed E-state index contributed by atoms with van der Waals surface area (Å²) in [4.78, 5) is 11.5. The highest BCUT2D eigenvalue weighted by Gasteiger charge is 2.56. The second-order valence-corrected chi connectivity index (χ2v) is 3.70. The Labute approximate surface area is 74.8 Å². The van der Waals surface area contributed by atoms with Crippen molar-refractivity contribution in [2.24, 2.45) is 0 Å². The fraction of sp³-hybridized carbons (Fsp3) is 0.300. The second kappa shape index (κ2) is 1.92. The first kappa shape index (κ1) is 7.06. The summed E-state index contributed by atoms with van der Waals surface area (Å²) in [6.45, 7) is 0. The first-order chi connectivity index (χ1) is 6.24. The summed E-state index contributed by atoms with van der Waals surface area (Å²) < 4.78 is 13.2. The van der Waals surface area contributed by atoms with Crippen molar-refractivity contribution in [3.8, 4) is 0 Å². The van der Waals surface area contributed by atoms with E-state index in [2.05, 4.69) is 5.32 Å². The molecule has 2 nitrogen and oxygen atoms in total. The Bertz CT molecular complexity index is 409. The monoisotopic (exact) mass is 177 g/mol. The summed E-state index contributed by atoms with van der Waals surface area (Å²) in [5.41, 5.74) is 0.875. The van der Waals surface area contributed by atoms with Crippen molar-refractivity contribution in [1.82, 2.24) is 0 Å². The van der Waals surface area contributed by atoms with Gasteiger partial charge in [0.1, 0.15) is 5.82 Å². The third-order valence-electron chi connectivity index (χ3n) is 2.95. The molecule has 2 aliphatic rings. The van der Waals surface area contributed by atoms with E-state index < -0.39 is 0 Å². The first-order valence-corrected chi connectivity index (χ1v) is 4.34. The minimum absolute atomic E-state index is 0.0346. The molecule has 1 amide bonds. The van der Waals surface area contributed by atoms with Gasteiger partial charge in [-0.3, -0.25) is 4.79 Å². The summed E-state index contributed by atoms with van der Waals surface area (Å²) in [5, 5.41) is 2.60. The molecule has 0 bridgehead atoms. The van der Waals surface area contributed by atoms with E-state index in [4.69, 9.17) is 0 Å². The molecule has 1 fully saturated rings. The fourth-order valence-electron chi connectivity index (χ4n) is 2.03. The maximum atomic E-state index is 13.2. The molecular formula is C10H8FNO. The Kier molecular flexibility index (Phi) is 1.04. The highest BCUT2D eigenvalue weighted by atomic mass is 19.1. The van der Waals surface area contributed by atoms with Gasteiger partial charge < -0.3 is 5.32 Å². The number of hydrogen-bond acceptors (Lipinski definition) is 1. The summed E-state index contributed by atoms with van der Waals surface area (Å²) in [7, 11) is 0. The van der Waals surface area contributed by atoms with Crippen LogP contribution in [-0.2, 0) is 10.2 Å². The number of amides is 1. The van der Waals surface area contributed by atoms with Crippen molar-refractivity contribution in [2.45, 2.75) is 18.3 Å². The van der Waals surface area contributed by atoms with Crippen LogP contribution in [-0.4, -0.2) is 5.91 Å². The van der Waals surface area contributed by atoms with Crippen LogP contribution in [0.4, 0.5) is 10.1 Å². The summed E-state index contributed by atoms with van der Waals surface area (Å²) in [5.74, 6) is -0.359. The zero-order chi connectivity index (χ0) is 9.05. The lowest BCUT2D eigenvalue weighted by molar-refractivity contribution is -0.117. The molecule has 1 aliphatic carbocycles. The van der Waals surface area contributed by atoms with E-state index >= 15 is 0 Å². The van der Waals surface area contributed by atoms with Crippen molar-refractivity contribution in [2.75, 3.05) is 5.32 Å². The molecule has 1 heterocycles. The van der Waals surface area contributed by atoms with Gasteiger partial charge in [-0.05, 0) is 24.5 Å². The molecule has 1 aliphatic heterocycles. The van der Waals surface area contributed by atoms with Crippen LogP contribution in [0.15, 0.2) is 18.2 Å². The van der Waals surface area contributed by atoms with Gasteiger partial charge in [-0.2, -0.15) is 0 Å². The van der Waals surface area contributed by atoms with E-state index in [9.17, 15) is 9.18 Å². The van der Waals surface area contributed by atoms with Crippen LogP contribution in [0, 0.1) is 5.82 Å². The van der Waals surface area contributed by atoms with Crippen molar-refractivity contribution in [1.29, 1.82) is 0 Å². The summed E-state index contributed by atoms with van der Waals surface area (Å²) in [6.07, 6.45) is 1.71. The number of carbonyl (C=O) groups is 1.